The number of thiophene rings is 1. The molecule has 1 aliphatic carbocycles. The average Bonchev–Trinajstić information content (AvgIpc) is 3.22. The molecule has 1 aliphatic rings. The van der Waals surface area contributed by atoms with Crippen LogP contribution in [0.1, 0.15) is 45.3 Å². The van der Waals surface area contributed by atoms with E-state index in [0.717, 1.165) is 45.3 Å². The fraction of sp³-hybridized carbons (Fsp3) is 0.400. The van der Waals surface area contributed by atoms with Crippen LogP contribution in [0.5, 0.6) is 5.75 Å². The molecule has 0 bridgehead atoms. The van der Waals surface area contributed by atoms with Crippen LogP contribution < -0.4 is 10.1 Å². The van der Waals surface area contributed by atoms with Crippen LogP contribution in [-0.4, -0.2) is 25.1 Å². The van der Waals surface area contributed by atoms with Crippen molar-refractivity contribution >= 4 is 55.7 Å². The fourth-order valence-corrected chi connectivity index (χ4v) is 5.21. The highest BCUT2D eigenvalue weighted by molar-refractivity contribution is 9.10. The number of benzene rings is 1. The summed E-state index contributed by atoms with van der Waals surface area (Å²) in [6.45, 7) is 5.65. The minimum absolute atomic E-state index is 0.177. The highest BCUT2D eigenvalue weighted by Gasteiger charge is 2.28. The third-order valence-corrected chi connectivity index (χ3v) is 7.36. The molecule has 1 amide bonds. The normalized spacial score (nSPS) is 12.6. The van der Waals surface area contributed by atoms with Crippen molar-refractivity contribution in [1.29, 1.82) is 0 Å². The number of hydrogen-bond acceptors (Lipinski definition) is 5. The van der Waals surface area contributed by atoms with Crippen molar-refractivity contribution in [3.8, 4) is 5.75 Å². The first-order valence-corrected chi connectivity index (χ1v) is 11.0. The van der Waals surface area contributed by atoms with Crippen LogP contribution in [0.2, 0.25) is 5.02 Å². The number of carbonyl (C=O) groups is 2. The lowest BCUT2D eigenvalue weighted by Gasteiger charge is -2.13. The van der Waals surface area contributed by atoms with Crippen LogP contribution in [0.25, 0.3) is 0 Å². The summed E-state index contributed by atoms with van der Waals surface area (Å²) in [6, 6.07) is 1.79. The highest BCUT2D eigenvalue weighted by Crippen LogP contribution is 2.40. The van der Waals surface area contributed by atoms with Crippen molar-refractivity contribution in [1.82, 2.24) is 0 Å². The summed E-state index contributed by atoms with van der Waals surface area (Å²) in [6.07, 6.45) is 2.78. The summed E-state index contributed by atoms with van der Waals surface area (Å²) in [5.41, 5.74) is 3.23. The van der Waals surface area contributed by atoms with E-state index in [1.165, 1.54) is 11.3 Å². The van der Waals surface area contributed by atoms with E-state index in [1.807, 2.05) is 13.8 Å². The van der Waals surface area contributed by atoms with Crippen LogP contribution in [0.15, 0.2) is 10.5 Å². The first-order valence-electron chi connectivity index (χ1n) is 9.03. The van der Waals surface area contributed by atoms with Crippen LogP contribution in [-0.2, 0) is 22.4 Å². The molecule has 0 saturated heterocycles. The Kier molecular flexibility index (Phi) is 6.68. The molecule has 0 saturated carbocycles. The molecule has 1 N–H and O–H groups in total. The van der Waals surface area contributed by atoms with E-state index in [0.29, 0.717) is 27.9 Å². The van der Waals surface area contributed by atoms with Gasteiger partial charge in [-0.2, -0.15) is 0 Å². The first-order chi connectivity index (χ1) is 13.3. The molecular weight excluding hydrogens is 466 g/mol. The molecule has 1 aromatic heterocycles. The maximum atomic E-state index is 12.5. The summed E-state index contributed by atoms with van der Waals surface area (Å²) in [4.78, 5) is 26.0. The number of aryl methyl sites for hydroxylation is 2. The fourth-order valence-electron chi connectivity index (χ4n) is 3.22. The zero-order valence-corrected chi connectivity index (χ0v) is 19.1. The topological polar surface area (TPSA) is 64.6 Å². The third kappa shape index (κ3) is 4.21. The molecule has 28 heavy (non-hydrogen) atoms. The zero-order chi connectivity index (χ0) is 20.4. The quantitative estimate of drug-likeness (QED) is 0.550. The van der Waals surface area contributed by atoms with Gasteiger partial charge in [0.2, 0.25) is 0 Å². The van der Waals surface area contributed by atoms with Gasteiger partial charge >= 0.3 is 5.97 Å². The number of hydrogen-bond donors (Lipinski definition) is 1. The lowest BCUT2D eigenvalue weighted by Crippen LogP contribution is -2.21. The Bertz CT molecular complexity index is 941. The second-order valence-corrected chi connectivity index (χ2v) is 8.84. The van der Waals surface area contributed by atoms with Gasteiger partial charge in [0.1, 0.15) is 10.8 Å². The van der Waals surface area contributed by atoms with Gasteiger partial charge in [0.25, 0.3) is 5.91 Å². The first kappa shape index (κ1) is 21.1. The maximum absolute atomic E-state index is 12.5. The van der Waals surface area contributed by atoms with Crippen LogP contribution >= 0.6 is 38.9 Å². The Morgan fingerprint density at radius 3 is 2.79 bits per heavy atom. The monoisotopic (exact) mass is 485 g/mol. The molecule has 0 radical (unpaired) electrons. The number of anilines is 1. The Hall–Kier alpha value is -1.57. The summed E-state index contributed by atoms with van der Waals surface area (Å²) in [7, 11) is 0. The van der Waals surface area contributed by atoms with Crippen molar-refractivity contribution in [2.45, 2.75) is 40.0 Å². The molecule has 0 fully saturated rings. The molecule has 1 aromatic carbocycles. The molecule has 150 valence electrons. The number of carbonyl (C=O) groups excluding carboxylic acids is 2. The number of nitrogens with one attached hydrogen (secondary N) is 1. The zero-order valence-electron chi connectivity index (χ0n) is 15.9. The van der Waals surface area contributed by atoms with E-state index >= 15 is 0 Å². The molecule has 1 heterocycles. The van der Waals surface area contributed by atoms with Gasteiger partial charge in [-0.3, -0.25) is 4.79 Å². The van der Waals surface area contributed by atoms with Crippen molar-refractivity contribution in [2.75, 3.05) is 18.5 Å². The van der Waals surface area contributed by atoms with Gasteiger partial charge in [-0.25, -0.2) is 4.79 Å². The van der Waals surface area contributed by atoms with E-state index in [-0.39, 0.29) is 18.5 Å². The standard InChI is InChI=1S/C20H21BrClNO4S/c1-4-26-20(25)16-12-6-5-7-14(12)28-19(16)23-15(24)9-27-13-8-10(2)18(22)11(3)17(13)21/h8H,4-7,9H2,1-3H3,(H,23,24). The number of amides is 1. The van der Waals surface area contributed by atoms with Gasteiger partial charge in [-0.05, 0) is 78.7 Å². The summed E-state index contributed by atoms with van der Waals surface area (Å²) in [5.74, 6) is -0.165. The molecule has 5 nitrogen and oxygen atoms in total. The highest BCUT2D eigenvalue weighted by atomic mass is 79.9. The Balaban J connectivity index is 1.74. The van der Waals surface area contributed by atoms with Crippen molar-refractivity contribution in [3.05, 3.63) is 42.7 Å². The average molecular weight is 487 g/mol. The maximum Gasteiger partial charge on any atom is 0.341 e. The third-order valence-electron chi connectivity index (χ3n) is 4.58. The van der Waals surface area contributed by atoms with Crippen molar-refractivity contribution < 1.29 is 19.1 Å². The van der Waals surface area contributed by atoms with E-state index in [1.54, 1.807) is 13.0 Å². The van der Waals surface area contributed by atoms with Crippen LogP contribution in [0.4, 0.5) is 5.00 Å². The summed E-state index contributed by atoms with van der Waals surface area (Å²) in [5, 5.41) is 4.03. The van der Waals surface area contributed by atoms with E-state index < -0.39 is 0 Å². The second-order valence-electron chi connectivity index (χ2n) is 6.56. The molecular formula is C20H21BrClNO4S. The number of ether oxygens (including phenoxy) is 2. The predicted molar refractivity (Wildman–Crippen MR) is 115 cm³/mol. The molecule has 0 atom stereocenters. The van der Waals surface area contributed by atoms with Gasteiger partial charge in [0.15, 0.2) is 6.61 Å². The lowest BCUT2D eigenvalue weighted by atomic mass is 10.1. The number of fused-ring (bicyclic) bond motifs is 1. The van der Waals surface area contributed by atoms with Gasteiger partial charge in [0.05, 0.1) is 16.6 Å². The van der Waals surface area contributed by atoms with Gasteiger partial charge in [0, 0.05) is 9.90 Å². The summed E-state index contributed by atoms with van der Waals surface area (Å²) >= 11 is 11.1. The number of halogens is 2. The Morgan fingerprint density at radius 1 is 1.32 bits per heavy atom. The van der Waals surface area contributed by atoms with Crippen LogP contribution in [0, 0.1) is 13.8 Å². The second kappa shape index (κ2) is 8.84. The van der Waals surface area contributed by atoms with E-state index in [9.17, 15) is 9.59 Å². The number of rotatable bonds is 6. The predicted octanol–water partition coefficient (Wildman–Crippen LogP) is 5.46. The summed E-state index contributed by atoms with van der Waals surface area (Å²) < 4.78 is 11.6. The molecule has 0 unspecified atom stereocenters. The minimum atomic E-state index is -0.384. The van der Waals surface area contributed by atoms with Gasteiger partial charge in [-0.15, -0.1) is 11.3 Å². The van der Waals surface area contributed by atoms with E-state index in [4.69, 9.17) is 21.1 Å². The molecule has 3 rings (SSSR count). The van der Waals surface area contributed by atoms with Crippen molar-refractivity contribution in [3.63, 3.8) is 0 Å². The SMILES string of the molecule is CCOC(=O)c1c(NC(=O)COc2cc(C)c(Cl)c(C)c2Br)sc2c1CCC2. The largest absolute Gasteiger partial charge is 0.483 e. The van der Waals surface area contributed by atoms with Crippen LogP contribution in [0.3, 0.4) is 0 Å². The number of esters is 1. The molecule has 8 heteroatoms. The van der Waals surface area contributed by atoms with Crippen molar-refractivity contribution in [2.24, 2.45) is 0 Å². The molecule has 0 spiro atoms. The Morgan fingerprint density at radius 2 is 2.07 bits per heavy atom. The smallest absolute Gasteiger partial charge is 0.341 e. The molecule has 0 aliphatic heterocycles. The Labute approximate surface area is 181 Å². The van der Waals surface area contributed by atoms with E-state index in [2.05, 4.69) is 21.2 Å². The molecule has 2 aromatic rings. The minimum Gasteiger partial charge on any atom is -0.483 e. The van der Waals surface area contributed by atoms with Gasteiger partial charge in [-0.1, -0.05) is 11.6 Å². The van der Waals surface area contributed by atoms with Gasteiger partial charge < -0.3 is 14.8 Å². The lowest BCUT2D eigenvalue weighted by molar-refractivity contribution is -0.118.